The third-order valence-corrected chi connectivity index (χ3v) is 25.7. The molecular weight excluding hydrogens is 1140 g/mol. The average Bonchev–Trinajstić information content (AvgIpc) is 1.44. The van der Waals surface area contributed by atoms with Crippen molar-refractivity contribution in [3.05, 3.63) is 52.6 Å². The second-order valence-corrected chi connectivity index (χ2v) is 34.3. The molecule has 0 amide bonds. The normalized spacial score (nSPS) is 12.1. The van der Waals surface area contributed by atoms with Gasteiger partial charge in [-0.05, 0) is 90.8 Å². The van der Waals surface area contributed by atoms with Crippen molar-refractivity contribution in [2.24, 2.45) is 0 Å². The van der Waals surface area contributed by atoms with E-state index >= 15 is 0 Å². The van der Waals surface area contributed by atoms with Gasteiger partial charge in [0.1, 0.15) is 5.75 Å². The number of hydrogen-bond acceptors (Lipinski definition) is 7. The van der Waals surface area contributed by atoms with Gasteiger partial charge >= 0.3 is 18.3 Å². The Morgan fingerprint density at radius 1 is 0.291 bits per heavy atom. The summed E-state index contributed by atoms with van der Waals surface area (Å²) in [6, 6.07) is 11.0. The maximum atomic E-state index is 13.6. The first kappa shape index (κ1) is 80.9. The van der Waals surface area contributed by atoms with Crippen LogP contribution in [-0.2, 0) is 44.0 Å². The first-order valence-corrected chi connectivity index (χ1v) is 43.6. The minimum atomic E-state index is -4.61. The maximum absolute atomic E-state index is 13.6. The molecule has 0 fully saturated rings. The van der Waals surface area contributed by atoms with Crippen molar-refractivity contribution >= 4 is 38.0 Å². The molecule has 10 heteroatoms. The van der Waals surface area contributed by atoms with E-state index < -0.39 is 18.3 Å². The predicted octanol–water partition coefficient (Wildman–Crippen LogP) is 27.3. The van der Waals surface area contributed by atoms with Crippen LogP contribution in [0.25, 0.3) is 11.1 Å². The molecule has 2 rings (SSSR count). The molecule has 0 saturated heterocycles. The number of unbranched alkanes of at least 4 members (excludes halogenated alkanes) is 52. The van der Waals surface area contributed by atoms with E-state index in [2.05, 4.69) is 52.0 Å². The lowest BCUT2D eigenvalue weighted by atomic mass is 9.84. The first-order chi connectivity index (χ1) is 42.1. The molecule has 0 spiro atoms. The van der Waals surface area contributed by atoms with Crippen LogP contribution in [0.2, 0.25) is 0 Å². The molecule has 0 aromatic heterocycles. The standard InChI is InChI=1S/C76H138O6S4/c1-5-9-13-17-21-25-29-33-37-41-45-49-53-57-62-70-63-61-67-72(71(70)64-58-54-50-46-42-38-34-30-26-22-18-14-10-6-2)74-68-69-76(82-86(80,81)84-83-85(77,78)79)75(66-60-56-52-48-44-40-36-32-28-24-20-16-12-8-4)73(74)65-59-55-51-47-43-39-35-31-27-23-19-15-11-7-3/h61,63,67-69H,5-60,62,64-66H2,1-4H3,(H,77,78,79). The fourth-order valence-corrected chi connectivity index (χ4v) is 19.7. The minimum Gasteiger partial charge on any atom is -0.374 e. The Balaban J connectivity index is 2.39. The summed E-state index contributed by atoms with van der Waals surface area (Å²) in [5.74, 6) is 0.305. The summed E-state index contributed by atoms with van der Waals surface area (Å²) < 4.78 is 66.2. The second kappa shape index (κ2) is 57.7. The molecule has 0 saturated carbocycles. The van der Waals surface area contributed by atoms with Crippen LogP contribution in [0.5, 0.6) is 5.75 Å². The number of benzene rings is 2. The number of aryl methyl sites for hydroxylation is 1. The van der Waals surface area contributed by atoms with Gasteiger partial charge in [-0.25, -0.2) is 0 Å². The van der Waals surface area contributed by atoms with Gasteiger partial charge in [0.15, 0.2) is 0 Å². The summed E-state index contributed by atoms with van der Waals surface area (Å²) in [7, 11) is -9.07. The molecule has 502 valence electrons. The van der Waals surface area contributed by atoms with E-state index in [-0.39, 0.29) is 19.7 Å². The summed E-state index contributed by atoms with van der Waals surface area (Å²) in [6.45, 7) is 9.17. The van der Waals surface area contributed by atoms with Crippen molar-refractivity contribution in [3.8, 4) is 16.9 Å². The Labute approximate surface area is 542 Å². The van der Waals surface area contributed by atoms with E-state index in [1.807, 2.05) is 6.07 Å². The lowest BCUT2D eigenvalue weighted by Gasteiger charge is -2.22. The maximum Gasteiger partial charge on any atom is 0.377 e. The van der Waals surface area contributed by atoms with Crippen molar-refractivity contribution in [1.29, 1.82) is 0 Å². The van der Waals surface area contributed by atoms with Crippen LogP contribution in [0.3, 0.4) is 0 Å². The molecule has 2 aromatic rings. The molecule has 6 nitrogen and oxygen atoms in total. The van der Waals surface area contributed by atoms with Crippen molar-refractivity contribution < 1.29 is 25.6 Å². The van der Waals surface area contributed by atoms with Crippen molar-refractivity contribution in [3.63, 3.8) is 0 Å². The molecular formula is C76H138O6S4. The van der Waals surface area contributed by atoms with Crippen LogP contribution in [0.1, 0.15) is 410 Å². The summed E-state index contributed by atoms with van der Waals surface area (Å²) >= 11 is 0. The summed E-state index contributed by atoms with van der Waals surface area (Å²) in [4.78, 5) is 0. The SMILES string of the molecule is CCCCCCCCCCCCCCCCc1cccc(-c2ccc(OS(=O)(=O)SSS(=O)(=O)O)c(CCCCCCCCCCCCCCCC)c2CCCCCCCCCCCCCCCC)c1CCCCCCCCCCCCCCCC. The van der Waals surface area contributed by atoms with Gasteiger partial charge in [-0.15, -0.1) is 0 Å². The van der Waals surface area contributed by atoms with Gasteiger partial charge in [0.05, 0.1) is 19.7 Å². The molecule has 1 N–H and O–H groups in total. The highest BCUT2D eigenvalue weighted by atomic mass is 33.7. The van der Waals surface area contributed by atoms with Gasteiger partial charge in [0, 0.05) is 0 Å². The van der Waals surface area contributed by atoms with Gasteiger partial charge in [-0.2, -0.15) is 16.8 Å². The van der Waals surface area contributed by atoms with Gasteiger partial charge in [-0.3, -0.25) is 4.55 Å². The Morgan fingerprint density at radius 2 is 0.547 bits per heavy atom. The van der Waals surface area contributed by atoms with E-state index in [1.165, 1.54) is 355 Å². The van der Waals surface area contributed by atoms with Crippen LogP contribution in [0.4, 0.5) is 0 Å². The Bertz CT molecular complexity index is 2060. The third kappa shape index (κ3) is 46.0. The lowest BCUT2D eigenvalue weighted by molar-refractivity contribution is 0.497. The zero-order valence-corrected chi connectivity index (χ0v) is 60.2. The molecule has 0 bridgehead atoms. The first-order valence-electron chi connectivity index (χ1n) is 37.6. The molecule has 0 heterocycles. The minimum absolute atomic E-state index is 0.0585. The predicted molar refractivity (Wildman–Crippen MR) is 384 cm³/mol. The molecule has 0 atom stereocenters. The largest absolute Gasteiger partial charge is 0.377 e. The number of rotatable bonds is 66. The smallest absolute Gasteiger partial charge is 0.374 e. The van der Waals surface area contributed by atoms with E-state index in [9.17, 15) is 21.4 Å². The summed E-state index contributed by atoms with van der Waals surface area (Å²) in [5.41, 5.74) is 7.64. The average molecular weight is 1280 g/mol. The van der Waals surface area contributed by atoms with Crippen LogP contribution < -0.4 is 4.18 Å². The fourth-order valence-electron chi connectivity index (χ4n) is 13.2. The Kier molecular flexibility index (Phi) is 54.3. The topological polar surface area (TPSA) is 97.7 Å². The quantitative estimate of drug-likeness (QED) is 0.0397. The molecule has 0 radical (unpaired) electrons. The van der Waals surface area contributed by atoms with Crippen molar-refractivity contribution in [1.82, 2.24) is 0 Å². The van der Waals surface area contributed by atoms with Crippen LogP contribution in [0.15, 0.2) is 30.3 Å². The summed E-state index contributed by atoms with van der Waals surface area (Å²) in [6.07, 6.45) is 77.4. The van der Waals surface area contributed by atoms with E-state index in [4.69, 9.17) is 4.18 Å². The molecule has 0 aliphatic rings. The van der Waals surface area contributed by atoms with E-state index in [0.717, 1.165) is 56.9 Å². The van der Waals surface area contributed by atoms with E-state index in [1.54, 1.807) is 0 Å². The zero-order valence-electron chi connectivity index (χ0n) is 56.9. The van der Waals surface area contributed by atoms with Crippen LogP contribution in [0, 0.1) is 0 Å². The van der Waals surface area contributed by atoms with Crippen molar-refractivity contribution in [2.75, 3.05) is 0 Å². The Hall–Kier alpha value is -1.20. The molecule has 0 unspecified atom stereocenters. The van der Waals surface area contributed by atoms with Crippen LogP contribution in [-0.4, -0.2) is 21.4 Å². The molecule has 0 aliphatic heterocycles. The molecule has 86 heavy (non-hydrogen) atoms. The second-order valence-electron chi connectivity index (χ2n) is 26.5. The van der Waals surface area contributed by atoms with Gasteiger partial charge < -0.3 is 4.18 Å². The van der Waals surface area contributed by atoms with Crippen molar-refractivity contribution in [2.45, 2.75) is 413 Å². The molecule has 2 aromatic carbocycles. The van der Waals surface area contributed by atoms with Gasteiger partial charge in [0.25, 0.3) is 0 Å². The number of hydrogen-bond donors (Lipinski definition) is 1. The highest BCUT2D eigenvalue weighted by molar-refractivity contribution is 9.22. The Morgan fingerprint density at radius 3 is 0.849 bits per heavy atom. The zero-order chi connectivity index (χ0) is 62.1. The van der Waals surface area contributed by atoms with Gasteiger partial charge in [0.2, 0.25) is 0 Å². The highest BCUT2D eigenvalue weighted by Gasteiger charge is 2.25. The summed E-state index contributed by atoms with van der Waals surface area (Å²) in [5, 5.41) is 0. The lowest BCUT2D eigenvalue weighted by Crippen LogP contribution is -2.09. The fraction of sp³-hybridized carbons (Fsp3) is 0.842. The van der Waals surface area contributed by atoms with E-state index in [0.29, 0.717) is 12.2 Å². The monoisotopic (exact) mass is 1270 g/mol. The van der Waals surface area contributed by atoms with Crippen LogP contribution >= 0.6 is 19.7 Å². The highest BCUT2D eigenvalue weighted by Crippen LogP contribution is 2.41. The molecule has 0 aliphatic carbocycles. The third-order valence-electron chi connectivity index (χ3n) is 18.5. The van der Waals surface area contributed by atoms with Gasteiger partial charge in [-0.1, -0.05) is 386 Å².